The standard InChI is InChI=1S/3CNO.Bi/c3*2-1-3;/q3*-1;+3. The minimum atomic E-state index is -3.22. The molecule has 0 saturated heterocycles. The second-order valence-electron chi connectivity index (χ2n) is 0.842. The van der Waals surface area contributed by atoms with Gasteiger partial charge in [-0.1, -0.05) is 0 Å². The van der Waals surface area contributed by atoms with E-state index in [0.717, 1.165) is 18.2 Å². The van der Waals surface area contributed by atoms with Gasteiger partial charge in [0.15, 0.2) is 0 Å². The first kappa shape index (κ1) is 9.02. The molecule has 0 N–H and O–H groups in total. The van der Waals surface area contributed by atoms with Gasteiger partial charge in [0.2, 0.25) is 0 Å². The van der Waals surface area contributed by atoms with Crippen molar-refractivity contribution in [3.63, 3.8) is 0 Å². The molecule has 0 aliphatic carbocycles. The molecule has 0 heterocycles. The third-order valence-corrected chi connectivity index (χ3v) is 3.43. The third-order valence-electron chi connectivity index (χ3n) is 0.391. The molecule has 0 unspecified atom stereocenters. The quantitative estimate of drug-likeness (QED) is 0.376. The number of nitrogens with zero attached hydrogens (tertiary/aromatic N) is 3. The van der Waals surface area contributed by atoms with Gasteiger partial charge in [-0.05, 0) is 0 Å². The number of hydrogen-bond acceptors (Lipinski definition) is 6. The molecule has 0 aromatic rings. The zero-order chi connectivity index (χ0) is 7.82. The van der Waals surface area contributed by atoms with Gasteiger partial charge in [0, 0.05) is 0 Å². The Labute approximate surface area is 64.3 Å². The fourth-order valence-corrected chi connectivity index (χ4v) is 1.55. The summed E-state index contributed by atoms with van der Waals surface area (Å²) < 4.78 is 9.13. The fraction of sp³-hybridized carbons (Fsp3) is 0. The maximum absolute atomic E-state index is 9.54. The molecule has 50 valence electrons. The van der Waals surface area contributed by atoms with Gasteiger partial charge in [-0.2, -0.15) is 0 Å². The predicted molar refractivity (Wildman–Crippen MR) is 30.1 cm³/mol. The summed E-state index contributed by atoms with van der Waals surface area (Å²) in [6, 6.07) is 0. The molecule has 0 bridgehead atoms. The van der Waals surface area contributed by atoms with Crippen LogP contribution in [0, 0.1) is 0 Å². The average Bonchev–Trinajstić information content (AvgIpc) is 1.90. The minimum absolute atomic E-state index is 1.16. The predicted octanol–water partition coefficient (Wildman–Crippen LogP) is -1.02. The molecule has 0 amide bonds. The summed E-state index contributed by atoms with van der Waals surface area (Å²) in [6.45, 7) is 0. The Kier molecular flexibility index (Phi) is 5.55. The summed E-state index contributed by atoms with van der Waals surface area (Å²) in [7, 11) is 0. The van der Waals surface area contributed by atoms with E-state index in [0.29, 0.717) is 0 Å². The van der Waals surface area contributed by atoms with Crippen LogP contribution in [0.15, 0.2) is 8.81 Å². The molecule has 0 fully saturated rings. The zero-order valence-electron chi connectivity index (χ0n) is 4.51. The summed E-state index contributed by atoms with van der Waals surface area (Å²) in [6.07, 6.45) is 3.47. The molecule has 0 aromatic carbocycles. The molecule has 0 aromatic heterocycles. The SMILES string of the molecule is O=C=[N][Bi]([N]=C=O)[N]=C=O. The van der Waals surface area contributed by atoms with Gasteiger partial charge >= 0.3 is 64.1 Å². The van der Waals surface area contributed by atoms with E-state index in [1.165, 1.54) is 0 Å². The van der Waals surface area contributed by atoms with Crippen molar-refractivity contribution in [2.75, 3.05) is 0 Å². The molecule has 6 nitrogen and oxygen atoms in total. The summed E-state index contributed by atoms with van der Waals surface area (Å²) in [5, 5.41) is 0. The molecule has 0 radical (unpaired) electrons. The Morgan fingerprint density at radius 2 is 1.10 bits per heavy atom. The van der Waals surface area contributed by atoms with E-state index >= 15 is 0 Å². The van der Waals surface area contributed by atoms with Crippen molar-refractivity contribution in [2.45, 2.75) is 0 Å². The van der Waals surface area contributed by atoms with Crippen molar-refractivity contribution in [1.82, 2.24) is 0 Å². The van der Waals surface area contributed by atoms with Gasteiger partial charge in [-0.25, -0.2) is 0 Å². The summed E-state index contributed by atoms with van der Waals surface area (Å²) in [5.74, 6) is 0. The maximum atomic E-state index is 9.54. The van der Waals surface area contributed by atoms with E-state index in [4.69, 9.17) is 0 Å². The van der Waals surface area contributed by atoms with Gasteiger partial charge < -0.3 is 0 Å². The zero-order valence-corrected chi connectivity index (χ0v) is 7.99. The second kappa shape index (κ2) is 6.15. The number of isocyanates is 3. The molecule has 0 spiro atoms. The van der Waals surface area contributed by atoms with Gasteiger partial charge in [0.25, 0.3) is 0 Å². The van der Waals surface area contributed by atoms with E-state index in [1.54, 1.807) is 0 Å². The van der Waals surface area contributed by atoms with Crippen molar-refractivity contribution in [3.05, 3.63) is 0 Å². The van der Waals surface area contributed by atoms with Crippen molar-refractivity contribution in [2.24, 2.45) is 8.81 Å². The molecule has 0 atom stereocenters. The summed E-state index contributed by atoms with van der Waals surface area (Å²) in [4.78, 5) is 28.6. The molecule has 0 aliphatic heterocycles. The molecule has 7 heteroatoms. The second-order valence-corrected chi connectivity index (χ2v) is 5.26. The molecule has 0 rings (SSSR count). The Balaban J connectivity index is 4.39. The first-order valence-corrected chi connectivity index (χ1v) is 6.55. The molecular weight excluding hydrogens is 335 g/mol. The Bertz CT molecular complexity index is 203. The summed E-state index contributed by atoms with van der Waals surface area (Å²) >= 11 is -3.22. The van der Waals surface area contributed by atoms with Gasteiger partial charge in [-0.3, -0.25) is 0 Å². The normalized spacial score (nSPS) is 6.90. The van der Waals surface area contributed by atoms with Crippen LogP contribution in [0.1, 0.15) is 0 Å². The van der Waals surface area contributed by atoms with E-state index in [9.17, 15) is 14.4 Å². The van der Waals surface area contributed by atoms with E-state index in [-0.39, 0.29) is 0 Å². The van der Waals surface area contributed by atoms with Gasteiger partial charge in [0.05, 0.1) is 0 Å². The van der Waals surface area contributed by atoms with Crippen molar-refractivity contribution in [3.8, 4) is 0 Å². The van der Waals surface area contributed by atoms with E-state index in [2.05, 4.69) is 8.81 Å². The van der Waals surface area contributed by atoms with Crippen molar-refractivity contribution < 1.29 is 14.4 Å². The number of rotatable bonds is 3. The Morgan fingerprint density at radius 3 is 1.30 bits per heavy atom. The van der Waals surface area contributed by atoms with Crippen LogP contribution < -0.4 is 0 Å². The average molecular weight is 335 g/mol. The molecular formula is C3BiN3O3. The third kappa shape index (κ3) is 3.96. The van der Waals surface area contributed by atoms with Crippen LogP contribution in [-0.2, 0) is 14.4 Å². The van der Waals surface area contributed by atoms with Crippen LogP contribution in [-0.4, -0.2) is 40.9 Å². The molecule has 0 aliphatic rings. The topological polar surface area (TPSA) is 88.3 Å². The van der Waals surface area contributed by atoms with Crippen LogP contribution in [0.4, 0.5) is 0 Å². The molecule has 0 saturated carbocycles. The van der Waals surface area contributed by atoms with Gasteiger partial charge in [0.1, 0.15) is 0 Å². The number of hydrogen-bond donors (Lipinski definition) is 0. The Hall–Kier alpha value is -0.977. The van der Waals surface area contributed by atoms with Gasteiger partial charge in [-0.15, -0.1) is 0 Å². The Morgan fingerprint density at radius 1 is 0.800 bits per heavy atom. The van der Waals surface area contributed by atoms with Crippen LogP contribution in [0.2, 0.25) is 0 Å². The molecule has 10 heavy (non-hydrogen) atoms. The summed E-state index contributed by atoms with van der Waals surface area (Å²) in [5.41, 5.74) is 0. The van der Waals surface area contributed by atoms with Crippen molar-refractivity contribution >= 4 is 40.9 Å². The first-order chi connectivity index (χ1) is 4.85. The fourth-order valence-electron chi connectivity index (χ4n) is 0.177. The van der Waals surface area contributed by atoms with Crippen LogP contribution >= 0.6 is 0 Å². The van der Waals surface area contributed by atoms with Crippen LogP contribution in [0.3, 0.4) is 0 Å². The number of carbonyl (C=O) groups excluding carboxylic acids is 3. The van der Waals surface area contributed by atoms with E-state index in [1.807, 2.05) is 0 Å². The first-order valence-electron chi connectivity index (χ1n) is 1.88. The van der Waals surface area contributed by atoms with Crippen LogP contribution in [0.5, 0.6) is 0 Å². The van der Waals surface area contributed by atoms with Crippen molar-refractivity contribution in [1.29, 1.82) is 0 Å². The van der Waals surface area contributed by atoms with E-state index < -0.39 is 22.6 Å². The van der Waals surface area contributed by atoms with Crippen LogP contribution in [0.25, 0.3) is 0 Å². The monoisotopic (exact) mass is 335 g/mol.